The van der Waals surface area contributed by atoms with Crippen LogP contribution in [0.2, 0.25) is 0 Å². The van der Waals surface area contributed by atoms with Gasteiger partial charge in [0, 0.05) is 27.4 Å². The standard InChI is InChI=1S/C31H27BrF2N2O4/c1-17-27(23-16-20(32)12-14-25(23)35-28(17)18-7-3-2-4-8-18)29(37)36-24-13-11-19(30(38)39)15-22(24)21-9-5-6-10-26(21)40-31(33)34/h2-10,12,14,16,19,22,24,31H,11,13,15H2,1H3,(H,36,37)(H,38,39). The van der Waals surface area contributed by atoms with Crippen LogP contribution < -0.4 is 10.1 Å². The van der Waals surface area contributed by atoms with Crippen molar-refractivity contribution in [2.45, 2.75) is 44.8 Å². The summed E-state index contributed by atoms with van der Waals surface area (Å²) < 4.78 is 32.0. The number of rotatable bonds is 7. The van der Waals surface area contributed by atoms with Crippen LogP contribution in [0.5, 0.6) is 5.75 Å². The molecule has 4 aromatic rings. The second kappa shape index (κ2) is 11.7. The van der Waals surface area contributed by atoms with Crippen LogP contribution in [0.4, 0.5) is 8.78 Å². The van der Waals surface area contributed by atoms with Gasteiger partial charge in [-0.25, -0.2) is 4.98 Å². The Bertz CT molecular complexity index is 1560. The zero-order valence-electron chi connectivity index (χ0n) is 21.6. The molecule has 1 aliphatic rings. The van der Waals surface area contributed by atoms with E-state index in [1.54, 1.807) is 18.2 Å². The van der Waals surface area contributed by atoms with Gasteiger partial charge < -0.3 is 15.2 Å². The third-order valence-electron chi connectivity index (χ3n) is 7.52. The van der Waals surface area contributed by atoms with Crippen LogP contribution in [0.3, 0.4) is 0 Å². The number of hydrogen-bond acceptors (Lipinski definition) is 4. The van der Waals surface area contributed by atoms with Gasteiger partial charge in [-0.15, -0.1) is 0 Å². The minimum absolute atomic E-state index is 0.0198. The Kier molecular flexibility index (Phi) is 8.12. The number of fused-ring (bicyclic) bond motifs is 1. The summed E-state index contributed by atoms with van der Waals surface area (Å²) >= 11 is 3.50. The Hall–Kier alpha value is -3.85. The highest BCUT2D eigenvalue weighted by Crippen LogP contribution is 2.41. The summed E-state index contributed by atoms with van der Waals surface area (Å²) in [6.45, 7) is -1.18. The van der Waals surface area contributed by atoms with Crippen molar-refractivity contribution in [2.75, 3.05) is 0 Å². The lowest BCUT2D eigenvalue weighted by molar-refractivity contribution is -0.143. The number of hydrogen-bond donors (Lipinski definition) is 2. The lowest BCUT2D eigenvalue weighted by atomic mass is 9.74. The molecule has 0 radical (unpaired) electrons. The van der Waals surface area contributed by atoms with E-state index < -0.39 is 30.5 Å². The highest BCUT2D eigenvalue weighted by Gasteiger charge is 2.37. The number of benzene rings is 3. The van der Waals surface area contributed by atoms with Crippen molar-refractivity contribution in [1.82, 2.24) is 10.3 Å². The van der Waals surface area contributed by atoms with Gasteiger partial charge in [0.05, 0.1) is 22.7 Å². The molecule has 1 amide bonds. The molecule has 3 atom stereocenters. The average molecular weight is 609 g/mol. The number of para-hydroxylation sites is 1. The van der Waals surface area contributed by atoms with Crippen molar-refractivity contribution in [3.63, 3.8) is 0 Å². The fraction of sp³-hybridized carbons (Fsp3) is 0.258. The SMILES string of the molecule is Cc1c(-c2ccccc2)nc2ccc(Br)cc2c1C(=O)NC1CCC(C(=O)O)CC1c1ccccc1OC(F)F. The van der Waals surface area contributed by atoms with E-state index in [-0.39, 0.29) is 18.1 Å². The van der Waals surface area contributed by atoms with E-state index in [2.05, 4.69) is 21.2 Å². The summed E-state index contributed by atoms with van der Waals surface area (Å²) in [6, 6.07) is 21.0. The maximum Gasteiger partial charge on any atom is 0.387 e. The summed E-state index contributed by atoms with van der Waals surface area (Å²) in [4.78, 5) is 30.8. The van der Waals surface area contributed by atoms with E-state index >= 15 is 0 Å². The summed E-state index contributed by atoms with van der Waals surface area (Å²) in [5, 5.41) is 13.5. The molecule has 5 rings (SSSR count). The lowest BCUT2D eigenvalue weighted by Gasteiger charge is -2.36. The second-order valence-electron chi connectivity index (χ2n) is 9.94. The first-order valence-corrected chi connectivity index (χ1v) is 13.7. The minimum Gasteiger partial charge on any atom is -0.481 e. The molecule has 0 aliphatic heterocycles. The van der Waals surface area contributed by atoms with Gasteiger partial charge in [0.15, 0.2) is 0 Å². The molecule has 2 N–H and O–H groups in total. The summed E-state index contributed by atoms with van der Waals surface area (Å²) in [6.07, 6.45) is 0.903. The van der Waals surface area contributed by atoms with Crippen molar-refractivity contribution in [3.8, 4) is 17.0 Å². The molecule has 206 valence electrons. The predicted molar refractivity (Wildman–Crippen MR) is 152 cm³/mol. The number of alkyl halides is 2. The van der Waals surface area contributed by atoms with E-state index in [4.69, 9.17) is 9.72 Å². The predicted octanol–water partition coefficient (Wildman–Crippen LogP) is 7.34. The molecular formula is C31H27BrF2N2O4. The van der Waals surface area contributed by atoms with Gasteiger partial charge in [-0.05, 0) is 61.6 Å². The van der Waals surface area contributed by atoms with Gasteiger partial charge in [0.1, 0.15) is 5.75 Å². The molecule has 0 bridgehead atoms. The fourth-order valence-corrected chi connectivity index (χ4v) is 6.00. The zero-order valence-corrected chi connectivity index (χ0v) is 23.2. The zero-order chi connectivity index (χ0) is 28.4. The summed E-state index contributed by atoms with van der Waals surface area (Å²) in [5.41, 5.74) is 3.81. The van der Waals surface area contributed by atoms with Gasteiger partial charge >= 0.3 is 12.6 Å². The first kappa shape index (κ1) is 27.7. The smallest absolute Gasteiger partial charge is 0.387 e. The Morgan fingerprint density at radius 3 is 2.50 bits per heavy atom. The normalized spacial score (nSPS) is 19.0. The number of amides is 1. The number of nitrogens with zero attached hydrogens (tertiary/aromatic N) is 1. The van der Waals surface area contributed by atoms with Gasteiger partial charge in [-0.2, -0.15) is 8.78 Å². The Labute approximate surface area is 238 Å². The molecule has 1 aromatic heterocycles. The topological polar surface area (TPSA) is 88.5 Å². The molecule has 9 heteroatoms. The molecule has 1 fully saturated rings. The number of carboxylic acids is 1. The first-order valence-electron chi connectivity index (χ1n) is 13.0. The molecule has 40 heavy (non-hydrogen) atoms. The molecular weight excluding hydrogens is 582 g/mol. The van der Waals surface area contributed by atoms with Crippen molar-refractivity contribution in [1.29, 1.82) is 0 Å². The van der Waals surface area contributed by atoms with Crippen molar-refractivity contribution in [3.05, 3.63) is 94.0 Å². The number of carboxylic acid groups (broad SMARTS) is 1. The van der Waals surface area contributed by atoms with Gasteiger partial charge in [0.25, 0.3) is 5.91 Å². The van der Waals surface area contributed by atoms with Crippen LogP contribution in [0, 0.1) is 12.8 Å². The molecule has 1 heterocycles. The first-order chi connectivity index (χ1) is 19.2. The van der Waals surface area contributed by atoms with Crippen molar-refractivity contribution in [2.24, 2.45) is 5.92 Å². The quantitative estimate of drug-likeness (QED) is 0.229. The third kappa shape index (κ3) is 5.70. The molecule has 3 unspecified atom stereocenters. The number of carbonyl (C=O) groups excluding carboxylic acids is 1. The average Bonchev–Trinajstić information content (AvgIpc) is 2.93. The maximum absolute atomic E-state index is 14.1. The van der Waals surface area contributed by atoms with Crippen molar-refractivity contribution < 1.29 is 28.2 Å². The minimum atomic E-state index is -3.03. The molecule has 0 spiro atoms. The van der Waals surface area contributed by atoms with Crippen LogP contribution in [0.25, 0.3) is 22.2 Å². The molecule has 6 nitrogen and oxygen atoms in total. The third-order valence-corrected chi connectivity index (χ3v) is 8.01. The van der Waals surface area contributed by atoms with Gasteiger partial charge in [-0.1, -0.05) is 64.5 Å². The fourth-order valence-electron chi connectivity index (χ4n) is 5.64. The molecule has 0 saturated heterocycles. The summed E-state index contributed by atoms with van der Waals surface area (Å²) in [5.74, 6) is -2.51. The molecule has 3 aromatic carbocycles. The monoisotopic (exact) mass is 608 g/mol. The van der Waals surface area contributed by atoms with E-state index in [1.807, 2.05) is 55.5 Å². The van der Waals surface area contributed by atoms with E-state index in [0.717, 1.165) is 10.0 Å². The summed E-state index contributed by atoms with van der Waals surface area (Å²) in [7, 11) is 0. The van der Waals surface area contributed by atoms with Crippen LogP contribution >= 0.6 is 15.9 Å². The Morgan fingerprint density at radius 1 is 1.05 bits per heavy atom. The highest BCUT2D eigenvalue weighted by atomic mass is 79.9. The number of halogens is 3. The highest BCUT2D eigenvalue weighted by molar-refractivity contribution is 9.10. The number of aliphatic carboxylic acids is 1. The number of pyridine rings is 1. The van der Waals surface area contributed by atoms with E-state index in [9.17, 15) is 23.5 Å². The van der Waals surface area contributed by atoms with Crippen LogP contribution in [0.15, 0.2) is 77.3 Å². The van der Waals surface area contributed by atoms with E-state index in [0.29, 0.717) is 46.1 Å². The van der Waals surface area contributed by atoms with Crippen LogP contribution in [0.1, 0.15) is 46.7 Å². The lowest BCUT2D eigenvalue weighted by Crippen LogP contribution is -2.44. The molecule has 1 aliphatic carbocycles. The number of carbonyl (C=O) groups is 2. The van der Waals surface area contributed by atoms with Crippen LogP contribution in [-0.2, 0) is 4.79 Å². The number of nitrogens with one attached hydrogen (secondary N) is 1. The second-order valence-corrected chi connectivity index (χ2v) is 10.9. The maximum atomic E-state index is 14.1. The Balaban J connectivity index is 1.57. The van der Waals surface area contributed by atoms with Gasteiger partial charge in [-0.3, -0.25) is 9.59 Å². The largest absolute Gasteiger partial charge is 0.481 e. The van der Waals surface area contributed by atoms with Gasteiger partial charge in [0.2, 0.25) is 0 Å². The Morgan fingerprint density at radius 2 is 1.77 bits per heavy atom. The van der Waals surface area contributed by atoms with Crippen molar-refractivity contribution >= 4 is 38.7 Å². The van der Waals surface area contributed by atoms with Crippen LogP contribution in [-0.4, -0.2) is 34.6 Å². The van der Waals surface area contributed by atoms with E-state index in [1.165, 1.54) is 6.07 Å². The number of aromatic nitrogens is 1. The molecule has 1 saturated carbocycles. The number of ether oxygens (including phenoxy) is 1.